The normalized spacial score (nSPS) is 18.6. The van der Waals surface area contributed by atoms with Crippen molar-refractivity contribution in [1.82, 2.24) is 14.4 Å². The van der Waals surface area contributed by atoms with Crippen LogP contribution in [-0.2, 0) is 23.0 Å². The Hall–Kier alpha value is -2.40. The summed E-state index contributed by atoms with van der Waals surface area (Å²) in [6.07, 6.45) is 5.48. The number of aromatic nitrogens is 1. The smallest absolute Gasteiger partial charge is 0.252 e. The number of benzene rings is 1. The Morgan fingerprint density at radius 3 is 2.39 bits per heavy atom. The standard InChI is InChI=1S/C26H33N3O5S2/c1-19-14-24(34-27-19)25-9-10-26(35-25)36(30,31)29-12-5-3-4-8-20-15-22-23(33-18-32-22)16-21(20)17-28(2)11-6-7-13-29/h9-10,14-16H,3-8,11-13,17-18H2,1-2H3. The Bertz CT molecular complexity index is 1300. The van der Waals surface area contributed by atoms with Crippen LogP contribution in [-0.4, -0.2) is 56.3 Å². The van der Waals surface area contributed by atoms with Gasteiger partial charge in [-0.05, 0) is 88.0 Å². The summed E-state index contributed by atoms with van der Waals surface area (Å²) in [6.45, 7) is 4.93. The van der Waals surface area contributed by atoms with Crippen LogP contribution in [0.3, 0.4) is 0 Å². The summed E-state index contributed by atoms with van der Waals surface area (Å²) in [5, 5.41) is 3.92. The molecule has 2 aliphatic heterocycles. The van der Waals surface area contributed by atoms with Crippen molar-refractivity contribution in [2.45, 2.75) is 56.2 Å². The molecule has 0 atom stereocenters. The van der Waals surface area contributed by atoms with Crippen LogP contribution in [0.2, 0.25) is 0 Å². The quantitative estimate of drug-likeness (QED) is 0.466. The first kappa shape index (κ1) is 25.3. The monoisotopic (exact) mass is 531 g/mol. The summed E-state index contributed by atoms with van der Waals surface area (Å²) in [7, 11) is -1.45. The zero-order valence-corrected chi connectivity index (χ0v) is 22.5. The molecule has 194 valence electrons. The number of fused-ring (bicyclic) bond motifs is 2. The van der Waals surface area contributed by atoms with Gasteiger partial charge in [-0.2, -0.15) is 4.31 Å². The van der Waals surface area contributed by atoms with E-state index in [1.807, 2.05) is 13.0 Å². The predicted octanol–water partition coefficient (Wildman–Crippen LogP) is 5.07. The Kier molecular flexibility index (Phi) is 7.66. The predicted molar refractivity (Wildman–Crippen MR) is 139 cm³/mol. The number of rotatable bonds is 3. The van der Waals surface area contributed by atoms with Crippen molar-refractivity contribution >= 4 is 21.4 Å². The Morgan fingerprint density at radius 1 is 0.917 bits per heavy atom. The molecule has 10 heteroatoms. The molecule has 4 heterocycles. The molecular weight excluding hydrogens is 498 g/mol. The highest BCUT2D eigenvalue weighted by Gasteiger charge is 2.27. The second-order valence-electron chi connectivity index (χ2n) is 9.59. The highest BCUT2D eigenvalue weighted by molar-refractivity contribution is 7.91. The van der Waals surface area contributed by atoms with Gasteiger partial charge in [-0.3, -0.25) is 0 Å². The van der Waals surface area contributed by atoms with Gasteiger partial charge < -0.3 is 18.9 Å². The maximum absolute atomic E-state index is 13.6. The van der Waals surface area contributed by atoms with E-state index in [-0.39, 0.29) is 6.79 Å². The minimum atomic E-state index is -3.57. The van der Waals surface area contributed by atoms with Gasteiger partial charge in [0.25, 0.3) is 10.0 Å². The Balaban J connectivity index is 1.29. The fourth-order valence-corrected chi connectivity index (χ4v) is 7.70. The molecular formula is C26H33N3O5S2. The highest BCUT2D eigenvalue weighted by Crippen LogP contribution is 2.36. The Morgan fingerprint density at radius 2 is 1.64 bits per heavy atom. The van der Waals surface area contributed by atoms with E-state index in [9.17, 15) is 8.42 Å². The Labute approximate surface area is 216 Å². The SMILES string of the molecule is Cc1cc(-c2ccc(S(=O)(=O)N3CCCCCc4cc5c(cc4CN(C)CCCC3)OCO5)s2)on1. The van der Waals surface area contributed by atoms with Crippen molar-refractivity contribution < 1.29 is 22.4 Å². The van der Waals surface area contributed by atoms with E-state index in [4.69, 9.17) is 14.0 Å². The van der Waals surface area contributed by atoms with Crippen LogP contribution in [0.15, 0.2) is 39.1 Å². The molecule has 1 aromatic carbocycles. The van der Waals surface area contributed by atoms with E-state index in [0.29, 0.717) is 23.1 Å². The van der Waals surface area contributed by atoms with Crippen molar-refractivity contribution in [1.29, 1.82) is 0 Å². The molecule has 0 amide bonds. The minimum Gasteiger partial charge on any atom is -0.454 e. The van der Waals surface area contributed by atoms with Gasteiger partial charge in [0, 0.05) is 25.7 Å². The first-order valence-corrected chi connectivity index (χ1v) is 14.8. The van der Waals surface area contributed by atoms with Crippen LogP contribution >= 0.6 is 11.3 Å². The molecule has 0 N–H and O–H groups in total. The van der Waals surface area contributed by atoms with Gasteiger partial charge in [-0.25, -0.2) is 8.42 Å². The van der Waals surface area contributed by atoms with Crippen LogP contribution < -0.4 is 9.47 Å². The average Bonchev–Trinajstić information content (AvgIpc) is 3.60. The molecule has 36 heavy (non-hydrogen) atoms. The van der Waals surface area contributed by atoms with Crippen molar-refractivity contribution in [2.75, 3.05) is 33.5 Å². The van der Waals surface area contributed by atoms with Crippen molar-refractivity contribution in [3.05, 3.63) is 47.2 Å². The van der Waals surface area contributed by atoms with Crippen LogP contribution in [0, 0.1) is 6.92 Å². The van der Waals surface area contributed by atoms with E-state index in [1.165, 1.54) is 22.5 Å². The molecule has 0 saturated heterocycles. The van der Waals surface area contributed by atoms with E-state index < -0.39 is 10.0 Å². The molecule has 8 nitrogen and oxygen atoms in total. The lowest BCUT2D eigenvalue weighted by atomic mass is 9.99. The number of hydrogen-bond acceptors (Lipinski definition) is 8. The molecule has 0 spiro atoms. The molecule has 2 aromatic heterocycles. The van der Waals surface area contributed by atoms with E-state index in [0.717, 1.165) is 73.7 Å². The number of sulfonamides is 1. The topological polar surface area (TPSA) is 85.1 Å². The van der Waals surface area contributed by atoms with Gasteiger partial charge in [-0.1, -0.05) is 11.6 Å². The molecule has 2 aliphatic rings. The second kappa shape index (κ2) is 10.9. The summed E-state index contributed by atoms with van der Waals surface area (Å²) in [4.78, 5) is 3.08. The maximum Gasteiger partial charge on any atom is 0.252 e. The third-order valence-electron chi connectivity index (χ3n) is 6.73. The zero-order valence-electron chi connectivity index (χ0n) is 20.9. The molecule has 0 unspecified atom stereocenters. The van der Waals surface area contributed by atoms with Gasteiger partial charge in [0.2, 0.25) is 6.79 Å². The average molecular weight is 532 g/mol. The first-order valence-electron chi connectivity index (χ1n) is 12.5. The van der Waals surface area contributed by atoms with Crippen molar-refractivity contribution in [3.63, 3.8) is 0 Å². The largest absolute Gasteiger partial charge is 0.454 e. The van der Waals surface area contributed by atoms with Gasteiger partial charge in [0.05, 0.1) is 10.6 Å². The molecule has 0 aliphatic carbocycles. The third kappa shape index (κ3) is 5.61. The van der Waals surface area contributed by atoms with Crippen molar-refractivity contribution in [3.8, 4) is 22.1 Å². The van der Waals surface area contributed by atoms with Gasteiger partial charge in [-0.15, -0.1) is 11.3 Å². The summed E-state index contributed by atoms with van der Waals surface area (Å²) < 4.78 is 45.7. The van der Waals surface area contributed by atoms with Crippen LogP contribution in [0.5, 0.6) is 11.5 Å². The van der Waals surface area contributed by atoms with Crippen molar-refractivity contribution in [2.24, 2.45) is 0 Å². The van der Waals surface area contributed by atoms with E-state index in [1.54, 1.807) is 16.4 Å². The van der Waals surface area contributed by atoms with E-state index in [2.05, 4.69) is 29.2 Å². The number of hydrogen-bond donors (Lipinski definition) is 0. The van der Waals surface area contributed by atoms with Crippen LogP contribution in [0.25, 0.3) is 10.6 Å². The zero-order chi connectivity index (χ0) is 25.1. The number of nitrogens with zero attached hydrogens (tertiary/aromatic N) is 3. The summed E-state index contributed by atoms with van der Waals surface area (Å²) in [5.41, 5.74) is 3.36. The van der Waals surface area contributed by atoms with Gasteiger partial charge in [0.1, 0.15) is 4.21 Å². The summed E-state index contributed by atoms with van der Waals surface area (Å²) in [5.74, 6) is 2.26. The molecule has 0 bridgehead atoms. The molecule has 0 radical (unpaired) electrons. The van der Waals surface area contributed by atoms with Gasteiger partial charge in [0.15, 0.2) is 17.3 Å². The second-order valence-corrected chi connectivity index (χ2v) is 12.8. The molecule has 0 saturated carbocycles. The minimum absolute atomic E-state index is 0.280. The lowest BCUT2D eigenvalue weighted by molar-refractivity contribution is 0.174. The van der Waals surface area contributed by atoms with Gasteiger partial charge >= 0.3 is 0 Å². The van der Waals surface area contributed by atoms with Crippen LogP contribution in [0.1, 0.15) is 48.9 Å². The van der Waals surface area contributed by atoms with Crippen LogP contribution in [0.4, 0.5) is 0 Å². The summed E-state index contributed by atoms with van der Waals surface area (Å²) in [6, 6.07) is 9.57. The molecule has 3 aromatic rings. The highest BCUT2D eigenvalue weighted by atomic mass is 32.2. The fraction of sp³-hybridized carbons (Fsp3) is 0.500. The lowest BCUT2D eigenvalue weighted by Gasteiger charge is -2.24. The number of aryl methyl sites for hydroxylation is 2. The molecule has 0 fully saturated rings. The van der Waals surface area contributed by atoms with E-state index >= 15 is 0 Å². The number of thiophene rings is 1. The maximum atomic E-state index is 13.6. The summed E-state index contributed by atoms with van der Waals surface area (Å²) >= 11 is 1.24. The number of ether oxygens (including phenoxy) is 2. The lowest BCUT2D eigenvalue weighted by Crippen LogP contribution is -2.33. The third-order valence-corrected chi connectivity index (χ3v) is 10.2. The first-order chi connectivity index (χ1) is 17.4. The molecule has 5 rings (SSSR count). The fourth-order valence-electron chi connectivity index (χ4n) is 4.78.